The van der Waals surface area contributed by atoms with Crippen LogP contribution in [0, 0.1) is 0 Å². The summed E-state index contributed by atoms with van der Waals surface area (Å²) in [6.07, 6.45) is 1.37. The van der Waals surface area contributed by atoms with E-state index in [0.29, 0.717) is 5.56 Å². The summed E-state index contributed by atoms with van der Waals surface area (Å²) in [4.78, 5) is 12.8. The Kier molecular flexibility index (Phi) is 4.78. The summed E-state index contributed by atoms with van der Waals surface area (Å²) < 4.78 is 0. The van der Waals surface area contributed by atoms with Gasteiger partial charge in [0.1, 0.15) is 0 Å². The van der Waals surface area contributed by atoms with Gasteiger partial charge < -0.3 is 15.1 Å². The molecule has 1 saturated heterocycles. The molecule has 0 bridgehead atoms. The Balaban J connectivity index is 0.00000144. The van der Waals surface area contributed by atoms with E-state index in [-0.39, 0.29) is 18.5 Å². The van der Waals surface area contributed by atoms with Crippen molar-refractivity contribution in [3.05, 3.63) is 29.8 Å². The molecule has 1 aliphatic rings. The molecule has 2 rings (SSSR count). The van der Waals surface area contributed by atoms with Gasteiger partial charge in [0.25, 0.3) is 0 Å². The molecule has 0 saturated carbocycles. The molecule has 1 heterocycles. The van der Waals surface area contributed by atoms with Crippen LogP contribution in [0.3, 0.4) is 0 Å². The van der Waals surface area contributed by atoms with Crippen molar-refractivity contribution in [1.82, 2.24) is 0 Å². The van der Waals surface area contributed by atoms with Gasteiger partial charge in [-0.3, -0.25) is 0 Å². The standard InChI is InChI=1S/C12H15NO3.ClH/c14-11-5-7-13(8-6-11)10-3-1-9(2-4-10)12(15)16;/h1-4,11,14H,5-8H2,(H,15,16);1H. The normalized spacial score (nSPS) is 16.4. The topological polar surface area (TPSA) is 60.8 Å². The van der Waals surface area contributed by atoms with Gasteiger partial charge in [-0.05, 0) is 37.1 Å². The van der Waals surface area contributed by atoms with Gasteiger partial charge in [-0.15, -0.1) is 12.4 Å². The molecule has 1 aliphatic heterocycles. The number of rotatable bonds is 2. The Bertz CT molecular complexity index is 372. The van der Waals surface area contributed by atoms with Crippen LogP contribution in [0.4, 0.5) is 5.69 Å². The first kappa shape index (κ1) is 13.8. The maximum atomic E-state index is 10.7. The van der Waals surface area contributed by atoms with Crippen LogP contribution in [0.1, 0.15) is 23.2 Å². The molecule has 0 unspecified atom stereocenters. The van der Waals surface area contributed by atoms with E-state index in [4.69, 9.17) is 5.11 Å². The fourth-order valence-corrected chi connectivity index (χ4v) is 1.94. The summed E-state index contributed by atoms with van der Waals surface area (Å²) >= 11 is 0. The molecule has 0 aliphatic carbocycles. The highest BCUT2D eigenvalue weighted by atomic mass is 35.5. The minimum absolute atomic E-state index is 0. The van der Waals surface area contributed by atoms with E-state index in [9.17, 15) is 9.90 Å². The van der Waals surface area contributed by atoms with E-state index in [2.05, 4.69) is 4.90 Å². The molecule has 2 N–H and O–H groups in total. The summed E-state index contributed by atoms with van der Waals surface area (Å²) in [6, 6.07) is 6.87. The first-order valence-corrected chi connectivity index (χ1v) is 5.43. The van der Waals surface area contributed by atoms with Crippen molar-refractivity contribution in [3.63, 3.8) is 0 Å². The van der Waals surface area contributed by atoms with Crippen molar-refractivity contribution in [2.45, 2.75) is 18.9 Å². The Morgan fingerprint density at radius 3 is 2.18 bits per heavy atom. The maximum Gasteiger partial charge on any atom is 0.335 e. The van der Waals surface area contributed by atoms with Crippen LogP contribution in [0.2, 0.25) is 0 Å². The van der Waals surface area contributed by atoms with E-state index >= 15 is 0 Å². The third-order valence-corrected chi connectivity index (χ3v) is 2.94. The van der Waals surface area contributed by atoms with Gasteiger partial charge in [0.15, 0.2) is 0 Å². The van der Waals surface area contributed by atoms with Crippen LogP contribution in [-0.2, 0) is 0 Å². The molecular weight excluding hydrogens is 242 g/mol. The van der Waals surface area contributed by atoms with Crippen molar-refractivity contribution < 1.29 is 15.0 Å². The number of piperidine rings is 1. The molecule has 1 aromatic rings. The number of anilines is 1. The molecule has 0 aromatic heterocycles. The molecule has 0 radical (unpaired) electrons. The van der Waals surface area contributed by atoms with Gasteiger partial charge in [-0.2, -0.15) is 0 Å². The number of aromatic carboxylic acids is 1. The van der Waals surface area contributed by atoms with Gasteiger partial charge in [0.05, 0.1) is 11.7 Å². The summed E-state index contributed by atoms with van der Waals surface area (Å²) in [5.41, 5.74) is 1.33. The van der Waals surface area contributed by atoms with Gasteiger partial charge in [0.2, 0.25) is 0 Å². The number of benzene rings is 1. The van der Waals surface area contributed by atoms with E-state index in [1.165, 1.54) is 0 Å². The Labute approximate surface area is 106 Å². The molecule has 0 amide bonds. The van der Waals surface area contributed by atoms with Gasteiger partial charge in [0, 0.05) is 18.8 Å². The second-order valence-corrected chi connectivity index (χ2v) is 4.07. The molecule has 17 heavy (non-hydrogen) atoms. The number of hydrogen-bond donors (Lipinski definition) is 2. The van der Waals surface area contributed by atoms with E-state index in [1.54, 1.807) is 12.1 Å². The number of hydrogen-bond acceptors (Lipinski definition) is 3. The van der Waals surface area contributed by atoms with E-state index in [0.717, 1.165) is 31.6 Å². The lowest BCUT2D eigenvalue weighted by molar-refractivity contribution is 0.0697. The first-order valence-electron chi connectivity index (χ1n) is 5.43. The largest absolute Gasteiger partial charge is 0.478 e. The summed E-state index contributed by atoms with van der Waals surface area (Å²) in [6.45, 7) is 1.65. The van der Waals surface area contributed by atoms with Gasteiger partial charge in [-0.25, -0.2) is 4.79 Å². The van der Waals surface area contributed by atoms with Crippen molar-refractivity contribution in [2.75, 3.05) is 18.0 Å². The van der Waals surface area contributed by atoms with Crippen molar-refractivity contribution in [1.29, 1.82) is 0 Å². The number of carboxylic acids is 1. The van der Waals surface area contributed by atoms with Gasteiger partial charge in [-0.1, -0.05) is 0 Å². The SMILES string of the molecule is Cl.O=C(O)c1ccc(N2CCC(O)CC2)cc1. The second kappa shape index (κ2) is 5.89. The highest BCUT2D eigenvalue weighted by molar-refractivity contribution is 5.88. The fourth-order valence-electron chi connectivity index (χ4n) is 1.94. The quantitative estimate of drug-likeness (QED) is 0.848. The zero-order chi connectivity index (χ0) is 11.5. The third kappa shape index (κ3) is 3.35. The number of carboxylic acid groups (broad SMARTS) is 1. The predicted octanol–water partition coefficient (Wildman–Crippen LogP) is 1.77. The minimum Gasteiger partial charge on any atom is -0.478 e. The zero-order valence-corrected chi connectivity index (χ0v) is 10.2. The van der Waals surface area contributed by atoms with Crippen LogP contribution in [0.15, 0.2) is 24.3 Å². The Morgan fingerprint density at radius 1 is 1.18 bits per heavy atom. The molecular formula is C12H16ClNO3. The van der Waals surface area contributed by atoms with Crippen LogP contribution in [-0.4, -0.2) is 35.4 Å². The van der Waals surface area contributed by atoms with Gasteiger partial charge >= 0.3 is 5.97 Å². The average molecular weight is 258 g/mol. The van der Waals surface area contributed by atoms with Crippen LogP contribution >= 0.6 is 12.4 Å². The number of halogens is 1. The second-order valence-electron chi connectivity index (χ2n) is 4.07. The third-order valence-electron chi connectivity index (χ3n) is 2.94. The molecule has 1 aromatic carbocycles. The molecule has 0 atom stereocenters. The summed E-state index contributed by atoms with van der Waals surface area (Å²) in [5, 5.41) is 18.2. The minimum atomic E-state index is -0.902. The average Bonchev–Trinajstić information content (AvgIpc) is 2.30. The highest BCUT2D eigenvalue weighted by Crippen LogP contribution is 2.20. The van der Waals surface area contributed by atoms with Crippen LogP contribution < -0.4 is 4.90 Å². The lowest BCUT2D eigenvalue weighted by Gasteiger charge is -2.31. The Morgan fingerprint density at radius 2 is 1.71 bits per heavy atom. The predicted molar refractivity (Wildman–Crippen MR) is 68.1 cm³/mol. The smallest absolute Gasteiger partial charge is 0.335 e. The van der Waals surface area contributed by atoms with Crippen molar-refractivity contribution in [3.8, 4) is 0 Å². The number of nitrogens with zero attached hydrogens (tertiary/aromatic N) is 1. The lowest BCUT2D eigenvalue weighted by atomic mass is 10.1. The Hall–Kier alpha value is -1.26. The fraction of sp³-hybridized carbons (Fsp3) is 0.417. The molecule has 94 valence electrons. The number of aliphatic hydroxyl groups excluding tert-OH is 1. The first-order chi connectivity index (χ1) is 7.66. The van der Waals surface area contributed by atoms with E-state index < -0.39 is 5.97 Å². The molecule has 5 heteroatoms. The van der Waals surface area contributed by atoms with Crippen molar-refractivity contribution >= 4 is 24.1 Å². The lowest BCUT2D eigenvalue weighted by Crippen LogP contribution is -2.35. The molecule has 4 nitrogen and oxygen atoms in total. The summed E-state index contributed by atoms with van der Waals surface area (Å²) in [7, 11) is 0. The summed E-state index contributed by atoms with van der Waals surface area (Å²) in [5.74, 6) is -0.902. The highest BCUT2D eigenvalue weighted by Gasteiger charge is 2.17. The van der Waals surface area contributed by atoms with Crippen LogP contribution in [0.25, 0.3) is 0 Å². The number of carbonyl (C=O) groups is 1. The van der Waals surface area contributed by atoms with Crippen LogP contribution in [0.5, 0.6) is 0 Å². The maximum absolute atomic E-state index is 10.7. The molecule has 0 spiro atoms. The zero-order valence-electron chi connectivity index (χ0n) is 9.37. The van der Waals surface area contributed by atoms with E-state index in [1.807, 2.05) is 12.1 Å². The van der Waals surface area contributed by atoms with Crippen molar-refractivity contribution in [2.24, 2.45) is 0 Å². The monoisotopic (exact) mass is 257 g/mol. The molecule has 1 fully saturated rings. The number of aliphatic hydroxyl groups is 1.